The molecule has 0 aromatic carbocycles. The Kier molecular flexibility index (Phi) is 3.06. The van der Waals surface area contributed by atoms with Gasteiger partial charge >= 0.3 is 0 Å². The van der Waals surface area contributed by atoms with E-state index in [1.54, 1.807) is 10.9 Å². The number of rotatable bonds is 3. The predicted molar refractivity (Wildman–Crippen MR) is 66.1 cm³/mol. The van der Waals surface area contributed by atoms with Crippen LogP contribution in [0.4, 0.5) is 5.82 Å². The number of nitrogens with two attached hydrogens (primary N) is 1. The smallest absolute Gasteiger partial charge is 0.144 e. The minimum absolute atomic E-state index is 0.249. The van der Waals surface area contributed by atoms with Gasteiger partial charge in [-0.05, 0) is 0 Å². The topological polar surface area (TPSA) is 81.6 Å². The van der Waals surface area contributed by atoms with Crippen molar-refractivity contribution in [3.05, 3.63) is 24.3 Å². The van der Waals surface area contributed by atoms with Crippen LogP contribution in [0.25, 0.3) is 11.3 Å². The summed E-state index contributed by atoms with van der Waals surface area (Å²) in [5, 5.41) is 4.13. The molecule has 0 aliphatic heterocycles. The van der Waals surface area contributed by atoms with Gasteiger partial charge in [0.2, 0.25) is 0 Å². The summed E-state index contributed by atoms with van der Waals surface area (Å²) in [6, 6.07) is 1.81. The highest BCUT2D eigenvalue weighted by Crippen LogP contribution is 2.21. The quantitative estimate of drug-likeness (QED) is 0.615. The Bertz CT molecular complexity index is 516. The molecule has 2 aromatic heterocycles. The molecule has 0 radical (unpaired) electrons. The second kappa shape index (κ2) is 4.50. The Labute approximate surface area is 99.9 Å². The first kappa shape index (κ1) is 11.5. The van der Waals surface area contributed by atoms with Crippen molar-refractivity contribution < 1.29 is 0 Å². The molecule has 0 bridgehead atoms. The summed E-state index contributed by atoms with van der Waals surface area (Å²) in [7, 11) is 1.87. The summed E-state index contributed by atoms with van der Waals surface area (Å²) in [5.41, 5.74) is 4.34. The van der Waals surface area contributed by atoms with Gasteiger partial charge in [-0.15, -0.1) is 0 Å². The fourth-order valence-corrected chi connectivity index (χ4v) is 1.50. The van der Waals surface area contributed by atoms with Gasteiger partial charge in [-0.25, -0.2) is 15.8 Å². The van der Waals surface area contributed by atoms with Gasteiger partial charge in [-0.2, -0.15) is 5.10 Å². The molecule has 0 saturated heterocycles. The van der Waals surface area contributed by atoms with E-state index in [0.29, 0.717) is 5.82 Å². The lowest BCUT2D eigenvalue weighted by atomic mass is 10.2. The number of hydrogen-bond acceptors (Lipinski definition) is 5. The summed E-state index contributed by atoms with van der Waals surface area (Å²) in [5.74, 6) is 7.04. The summed E-state index contributed by atoms with van der Waals surface area (Å²) in [6.45, 7) is 4.09. The second-order valence-corrected chi connectivity index (χ2v) is 4.20. The normalized spacial score (nSPS) is 10.9. The zero-order valence-electron chi connectivity index (χ0n) is 10.2. The molecular formula is C11H16N6. The highest BCUT2D eigenvalue weighted by molar-refractivity contribution is 5.60. The molecule has 2 heterocycles. The van der Waals surface area contributed by atoms with Gasteiger partial charge in [0, 0.05) is 30.8 Å². The van der Waals surface area contributed by atoms with Crippen molar-refractivity contribution in [1.29, 1.82) is 0 Å². The number of nitrogens with one attached hydrogen (secondary N) is 1. The van der Waals surface area contributed by atoms with Crippen LogP contribution in [0, 0.1) is 0 Å². The highest BCUT2D eigenvalue weighted by atomic mass is 15.3. The van der Waals surface area contributed by atoms with E-state index in [9.17, 15) is 0 Å². The average Bonchev–Trinajstić information content (AvgIpc) is 2.75. The first-order valence-corrected chi connectivity index (χ1v) is 5.44. The fraction of sp³-hybridized carbons (Fsp3) is 0.364. The van der Waals surface area contributed by atoms with E-state index in [0.717, 1.165) is 17.1 Å². The maximum Gasteiger partial charge on any atom is 0.144 e. The van der Waals surface area contributed by atoms with Crippen LogP contribution in [0.3, 0.4) is 0 Å². The predicted octanol–water partition coefficient (Wildman–Crippen LogP) is 1.29. The number of hydrazine groups is 1. The number of anilines is 1. The highest BCUT2D eigenvalue weighted by Gasteiger charge is 2.10. The van der Waals surface area contributed by atoms with Gasteiger partial charge < -0.3 is 5.43 Å². The number of nitrogen functional groups attached to an aromatic ring is 1. The standard InChI is InChI=1S/C11H16N6/c1-7(2)11-14-9(4-10(15-11)16-12)8-5-13-17(3)6-8/h4-7H,12H2,1-3H3,(H,14,15,16). The maximum absolute atomic E-state index is 5.41. The first-order valence-electron chi connectivity index (χ1n) is 5.44. The number of nitrogens with zero attached hydrogens (tertiary/aromatic N) is 4. The second-order valence-electron chi connectivity index (χ2n) is 4.20. The zero-order valence-corrected chi connectivity index (χ0v) is 10.2. The fourth-order valence-electron chi connectivity index (χ4n) is 1.50. The third kappa shape index (κ3) is 2.42. The van der Waals surface area contributed by atoms with Crippen molar-refractivity contribution in [3.8, 4) is 11.3 Å². The van der Waals surface area contributed by atoms with Crippen LogP contribution in [-0.2, 0) is 7.05 Å². The molecule has 0 atom stereocenters. The Morgan fingerprint density at radius 3 is 2.65 bits per heavy atom. The molecule has 0 amide bonds. The molecule has 6 heteroatoms. The average molecular weight is 232 g/mol. The molecule has 6 nitrogen and oxygen atoms in total. The van der Waals surface area contributed by atoms with Crippen LogP contribution in [-0.4, -0.2) is 19.7 Å². The molecule has 17 heavy (non-hydrogen) atoms. The van der Waals surface area contributed by atoms with Gasteiger partial charge in [0.05, 0.1) is 11.9 Å². The first-order chi connectivity index (χ1) is 8.10. The molecule has 0 saturated carbocycles. The molecule has 0 unspecified atom stereocenters. The van der Waals surface area contributed by atoms with Crippen LogP contribution in [0.5, 0.6) is 0 Å². The molecule has 2 rings (SSSR count). The van der Waals surface area contributed by atoms with Crippen LogP contribution >= 0.6 is 0 Å². The van der Waals surface area contributed by atoms with Crippen LogP contribution in [0.2, 0.25) is 0 Å². The van der Waals surface area contributed by atoms with Crippen LogP contribution in [0.1, 0.15) is 25.6 Å². The van der Waals surface area contributed by atoms with Crippen LogP contribution < -0.4 is 11.3 Å². The Morgan fingerprint density at radius 1 is 1.35 bits per heavy atom. The molecule has 90 valence electrons. The Hall–Kier alpha value is -1.95. The number of aromatic nitrogens is 4. The minimum atomic E-state index is 0.249. The van der Waals surface area contributed by atoms with Gasteiger partial charge in [-0.1, -0.05) is 13.8 Å². The van der Waals surface area contributed by atoms with Gasteiger partial charge in [0.15, 0.2) is 0 Å². The molecular weight excluding hydrogens is 216 g/mol. The van der Waals surface area contributed by atoms with Crippen molar-refractivity contribution in [1.82, 2.24) is 19.7 Å². The third-order valence-electron chi connectivity index (χ3n) is 2.41. The molecule has 0 aliphatic rings. The lowest BCUT2D eigenvalue weighted by Gasteiger charge is -2.08. The SMILES string of the molecule is CC(C)c1nc(NN)cc(-c2cnn(C)c2)n1. The lowest BCUT2D eigenvalue weighted by molar-refractivity contribution is 0.767. The lowest BCUT2D eigenvalue weighted by Crippen LogP contribution is -2.11. The van der Waals surface area contributed by atoms with Crippen LogP contribution in [0.15, 0.2) is 18.5 Å². The van der Waals surface area contributed by atoms with Crippen molar-refractivity contribution >= 4 is 5.82 Å². The van der Waals surface area contributed by atoms with Crippen molar-refractivity contribution in [3.63, 3.8) is 0 Å². The molecule has 0 spiro atoms. The largest absolute Gasteiger partial charge is 0.308 e. The number of hydrogen-bond donors (Lipinski definition) is 2. The zero-order chi connectivity index (χ0) is 12.4. The van der Waals surface area contributed by atoms with Gasteiger partial charge in [0.1, 0.15) is 11.6 Å². The summed E-state index contributed by atoms with van der Waals surface area (Å²) < 4.78 is 1.74. The Morgan fingerprint density at radius 2 is 2.12 bits per heavy atom. The Balaban J connectivity index is 2.49. The summed E-state index contributed by atoms with van der Waals surface area (Å²) >= 11 is 0. The molecule has 2 aromatic rings. The van der Waals surface area contributed by atoms with E-state index in [2.05, 4.69) is 20.5 Å². The van der Waals surface area contributed by atoms with Crippen molar-refractivity contribution in [2.75, 3.05) is 5.43 Å². The molecule has 0 fully saturated rings. The maximum atomic E-state index is 5.41. The number of aryl methyl sites for hydroxylation is 1. The van der Waals surface area contributed by atoms with E-state index < -0.39 is 0 Å². The van der Waals surface area contributed by atoms with E-state index in [1.165, 1.54) is 0 Å². The van der Waals surface area contributed by atoms with E-state index in [-0.39, 0.29) is 5.92 Å². The van der Waals surface area contributed by atoms with Crippen molar-refractivity contribution in [2.45, 2.75) is 19.8 Å². The van der Waals surface area contributed by atoms with E-state index in [4.69, 9.17) is 5.84 Å². The third-order valence-corrected chi connectivity index (χ3v) is 2.41. The molecule has 0 aliphatic carbocycles. The van der Waals surface area contributed by atoms with Gasteiger partial charge in [0.25, 0.3) is 0 Å². The minimum Gasteiger partial charge on any atom is -0.308 e. The van der Waals surface area contributed by atoms with Crippen molar-refractivity contribution in [2.24, 2.45) is 12.9 Å². The van der Waals surface area contributed by atoms with E-state index >= 15 is 0 Å². The van der Waals surface area contributed by atoms with E-state index in [1.807, 2.05) is 33.2 Å². The molecule has 3 N–H and O–H groups in total. The summed E-state index contributed by atoms with van der Waals surface area (Å²) in [6.07, 6.45) is 3.68. The summed E-state index contributed by atoms with van der Waals surface area (Å²) in [4.78, 5) is 8.81. The van der Waals surface area contributed by atoms with Gasteiger partial charge in [-0.3, -0.25) is 4.68 Å². The monoisotopic (exact) mass is 232 g/mol.